The first-order valence-corrected chi connectivity index (χ1v) is 18.6. The molecule has 2 amide bonds. The van der Waals surface area contributed by atoms with Gasteiger partial charge in [0.15, 0.2) is 5.60 Å². The summed E-state index contributed by atoms with van der Waals surface area (Å²) in [5.74, 6) is 0.889. The number of fused-ring (bicyclic) bond motifs is 2. The first-order valence-electron chi connectivity index (χ1n) is 15.5. The third kappa shape index (κ3) is 5.80. The molecule has 9 heteroatoms. The molecule has 0 aliphatic carbocycles. The number of aliphatic hydroxyl groups is 1. The molecular formula is C36H44N2O6Si. The van der Waals surface area contributed by atoms with Gasteiger partial charge in [-0.25, -0.2) is 0 Å². The highest BCUT2D eigenvalue weighted by Gasteiger charge is 2.66. The minimum absolute atomic E-state index is 0.0875. The average molecular weight is 629 g/mol. The minimum atomic E-state index is -2.43. The zero-order valence-corrected chi connectivity index (χ0v) is 27.9. The normalized spacial score (nSPS) is 22.4. The monoisotopic (exact) mass is 628 g/mol. The summed E-state index contributed by atoms with van der Waals surface area (Å²) >= 11 is 0. The summed E-state index contributed by atoms with van der Waals surface area (Å²) in [5.41, 5.74) is 1.12. The average Bonchev–Trinajstić information content (AvgIpc) is 3.47. The van der Waals surface area contributed by atoms with Gasteiger partial charge < -0.3 is 29.1 Å². The van der Waals surface area contributed by atoms with E-state index < -0.39 is 19.8 Å². The van der Waals surface area contributed by atoms with Crippen molar-refractivity contribution in [3.8, 4) is 11.5 Å². The van der Waals surface area contributed by atoms with Crippen molar-refractivity contribution in [1.82, 2.24) is 4.90 Å². The van der Waals surface area contributed by atoms with Gasteiger partial charge in [-0.05, 0) is 41.4 Å². The fourth-order valence-electron chi connectivity index (χ4n) is 7.45. The number of benzene rings is 3. The third-order valence-corrected chi connectivity index (χ3v) is 14.0. The van der Waals surface area contributed by atoms with Crippen molar-refractivity contribution in [1.29, 1.82) is 0 Å². The lowest BCUT2D eigenvalue weighted by Gasteiger charge is -2.37. The fraction of sp³-hybridized carbons (Fsp3) is 0.389. The number of carbonyl (C=O) groups excluding carboxylic acids is 2. The van der Waals surface area contributed by atoms with E-state index in [-0.39, 0.29) is 42.8 Å². The van der Waals surface area contributed by atoms with Crippen LogP contribution in [0, 0.1) is 5.92 Å². The number of carbonyl (C=O) groups is 2. The maximum atomic E-state index is 14.6. The molecule has 0 saturated carbocycles. The Bertz CT molecular complexity index is 1530. The zero-order valence-electron chi connectivity index (χ0n) is 26.9. The van der Waals surface area contributed by atoms with Gasteiger partial charge in [0, 0.05) is 31.1 Å². The van der Waals surface area contributed by atoms with Crippen LogP contribution in [-0.4, -0.2) is 69.9 Å². The number of hydrogen-bond donors (Lipinski definition) is 1. The number of anilines is 1. The Morgan fingerprint density at radius 2 is 1.73 bits per heavy atom. The summed E-state index contributed by atoms with van der Waals surface area (Å²) in [6.07, 6.45) is 1.26. The molecular weight excluding hydrogens is 584 g/mol. The molecule has 0 radical (unpaired) electrons. The van der Waals surface area contributed by atoms with Crippen LogP contribution >= 0.6 is 0 Å². The second-order valence-electron chi connectivity index (χ2n) is 12.5. The molecule has 45 heavy (non-hydrogen) atoms. The van der Waals surface area contributed by atoms with Crippen LogP contribution in [0.3, 0.4) is 0 Å². The molecule has 3 aromatic carbocycles. The van der Waals surface area contributed by atoms with Crippen LogP contribution in [0.25, 0.3) is 0 Å². The van der Waals surface area contributed by atoms with Crippen molar-refractivity contribution in [3.63, 3.8) is 0 Å². The second-order valence-corrected chi connectivity index (χ2v) is 17.2. The predicted octanol–water partition coefficient (Wildman–Crippen LogP) is 4.86. The van der Waals surface area contributed by atoms with Gasteiger partial charge in [-0.15, -0.1) is 6.58 Å². The highest BCUT2D eigenvalue weighted by atomic mass is 28.3. The summed E-state index contributed by atoms with van der Waals surface area (Å²) in [6.45, 7) is 11.4. The third-order valence-electron chi connectivity index (χ3n) is 9.67. The highest BCUT2D eigenvalue weighted by molar-refractivity contribution is 6.91. The molecule has 3 aromatic rings. The molecule has 8 nitrogen and oxygen atoms in total. The topological polar surface area (TPSA) is 88.5 Å². The van der Waals surface area contributed by atoms with E-state index in [9.17, 15) is 14.7 Å². The van der Waals surface area contributed by atoms with Crippen molar-refractivity contribution >= 4 is 30.8 Å². The summed E-state index contributed by atoms with van der Waals surface area (Å²) in [6, 6.07) is 23.6. The Kier molecular flexibility index (Phi) is 9.53. The van der Waals surface area contributed by atoms with Gasteiger partial charge >= 0.3 is 0 Å². The van der Waals surface area contributed by atoms with Crippen molar-refractivity contribution in [3.05, 3.63) is 96.6 Å². The van der Waals surface area contributed by atoms with Crippen molar-refractivity contribution < 1.29 is 28.9 Å². The van der Waals surface area contributed by atoms with E-state index in [2.05, 4.69) is 38.7 Å². The number of methoxy groups -OCH3 is 2. The van der Waals surface area contributed by atoms with Crippen LogP contribution in [0.1, 0.15) is 24.5 Å². The number of rotatable bonds is 12. The molecule has 2 aliphatic rings. The molecule has 4 atom stereocenters. The van der Waals surface area contributed by atoms with Gasteiger partial charge in [-0.3, -0.25) is 9.59 Å². The molecule has 1 spiro atoms. The molecule has 238 valence electrons. The van der Waals surface area contributed by atoms with Crippen LogP contribution in [0.4, 0.5) is 5.69 Å². The number of ether oxygens (including phenoxy) is 3. The highest BCUT2D eigenvalue weighted by Crippen LogP contribution is 2.60. The number of hydrogen-bond acceptors (Lipinski definition) is 6. The van der Waals surface area contributed by atoms with Gasteiger partial charge in [0.25, 0.3) is 5.91 Å². The van der Waals surface area contributed by atoms with Crippen LogP contribution < -0.4 is 19.6 Å². The van der Waals surface area contributed by atoms with Gasteiger partial charge in [0.1, 0.15) is 11.5 Å². The van der Waals surface area contributed by atoms with E-state index in [1.807, 2.05) is 60.7 Å². The summed E-state index contributed by atoms with van der Waals surface area (Å²) in [4.78, 5) is 32.1. The molecule has 5 rings (SSSR count). The van der Waals surface area contributed by atoms with Crippen molar-refractivity contribution in [2.45, 2.75) is 50.2 Å². The molecule has 1 N–H and O–H groups in total. The molecule has 1 saturated heterocycles. The van der Waals surface area contributed by atoms with Crippen LogP contribution in [0.15, 0.2) is 85.5 Å². The summed E-state index contributed by atoms with van der Waals surface area (Å²) in [7, 11) is 0.826. The van der Waals surface area contributed by atoms with Gasteiger partial charge in [-0.2, -0.15) is 0 Å². The van der Waals surface area contributed by atoms with E-state index in [1.54, 1.807) is 30.1 Å². The molecule has 2 heterocycles. The first-order chi connectivity index (χ1) is 21.6. The van der Waals surface area contributed by atoms with Gasteiger partial charge in [-0.1, -0.05) is 73.7 Å². The minimum Gasteiger partial charge on any atom is -0.497 e. The molecule has 0 bridgehead atoms. The first kappa shape index (κ1) is 32.5. The Balaban J connectivity index is 1.60. The lowest BCUT2D eigenvalue weighted by Crippen LogP contribution is -2.52. The quantitative estimate of drug-likeness (QED) is 0.228. The summed E-state index contributed by atoms with van der Waals surface area (Å²) < 4.78 is 18.1. The van der Waals surface area contributed by atoms with Crippen LogP contribution in [-0.2, 0) is 26.5 Å². The Labute approximate surface area is 267 Å². The Morgan fingerprint density at radius 3 is 2.36 bits per heavy atom. The van der Waals surface area contributed by atoms with Crippen LogP contribution in [0.5, 0.6) is 11.5 Å². The maximum Gasteiger partial charge on any atom is 0.264 e. The second kappa shape index (κ2) is 13.2. The number of nitrogens with zero attached hydrogens (tertiary/aromatic N) is 2. The standard InChI is InChI=1S/C36H44N2O6Si/c1-7-19-38-31-18-15-28(43-4)22-30(31)36(35(38)41)25(2)34(45(5,6)29-16-13-27(42-3)14-17-29)32(44-36)23-33(40)37(20-21-39)24-26-11-9-8-10-12-26/h7-18,22,25,32,34,39H,1,19-21,23-24H2,2-6H3/t25-,32+,34-,36+/m1/s1. The van der Waals surface area contributed by atoms with Crippen LogP contribution in [0.2, 0.25) is 18.6 Å². The molecule has 2 aliphatic heterocycles. The lowest BCUT2D eigenvalue weighted by atomic mass is 9.82. The van der Waals surface area contributed by atoms with E-state index >= 15 is 0 Å². The lowest BCUT2D eigenvalue weighted by molar-refractivity contribution is -0.149. The van der Waals surface area contributed by atoms with E-state index in [1.165, 1.54) is 5.19 Å². The maximum absolute atomic E-state index is 14.6. The SMILES string of the molecule is C=CCN1C(=O)[C@@]2(O[C@@H](CC(=O)N(CCO)Cc3ccccc3)[C@H]([Si](C)(C)c3ccc(OC)cc3)[C@H]2C)c2cc(OC)ccc21. The number of amides is 2. The largest absolute Gasteiger partial charge is 0.497 e. The van der Waals surface area contributed by atoms with Crippen molar-refractivity contribution in [2.24, 2.45) is 5.92 Å². The fourth-order valence-corrected chi connectivity index (χ4v) is 11.5. The predicted molar refractivity (Wildman–Crippen MR) is 179 cm³/mol. The van der Waals surface area contributed by atoms with Gasteiger partial charge in [0.05, 0.1) is 47.1 Å². The van der Waals surface area contributed by atoms with Gasteiger partial charge in [0.2, 0.25) is 5.91 Å². The van der Waals surface area contributed by atoms with E-state index in [4.69, 9.17) is 14.2 Å². The summed E-state index contributed by atoms with van der Waals surface area (Å²) in [5, 5.41) is 11.1. The molecule has 1 fully saturated rings. The number of aliphatic hydroxyl groups excluding tert-OH is 1. The smallest absolute Gasteiger partial charge is 0.264 e. The van der Waals surface area contributed by atoms with Crippen molar-refractivity contribution in [2.75, 3.05) is 38.8 Å². The molecule has 0 aromatic heterocycles. The van der Waals surface area contributed by atoms with E-state index in [0.717, 1.165) is 22.6 Å². The van der Waals surface area contributed by atoms with E-state index in [0.29, 0.717) is 18.8 Å². The Hall–Kier alpha value is -3.92. The zero-order chi connectivity index (χ0) is 32.4. The molecule has 0 unspecified atom stereocenters. The Morgan fingerprint density at radius 1 is 1.07 bits per heavy atom.